The standard InChI is InChI=1S/C16H22FNO3/c1-11(2)14(10-19)18(15(20)21-16(3,4)5)13-9-7-6-8-12(13)17/h6-11,14H,1-5H3. The summed E-state index contributed by atoms with van der Waals surface area (Å²) in [5, 5.41) is 0. The molecule has 0 aliphatic heterocycles. The molecule has 0 aliphatic rings. The van der Waals surface area contributed by atoms with Crippen LogP contribution in [-0.4, -0.2) is 24.0 Å². The quantitative estimate of drug-likeness (QED) is 0.794. The van der Waals surface area contributed by atoms with Gasteiger partial charge in [-0.3, -0.25) is 4.90 Å². The number of rotatable bonds is 4. The third-order valence-electron chi connectivity index (χ3n) is 2.82. The number of carbonyl (C=O) groups excluding carboxylic acids is 2. The number of anilines is 1. The summed E-state index contributed by atoms with van der Waals surface area (Å²) in [5.41, 5.74) is -0.692. The Morgan fingerprint density at radius 2 is 1.86 bits per heavy atom. The molecular weight excluding hydrogens is 273 g/mol. The largest absolute Gasteiger partial charge is 0.443 e. The molecule has 0 radical (unpaired) electrons. The fourth-order valence-corrected chi connectivity index (χ4v) is 1.86. The van der Waals surface area contributed by atoms with Gasteiger partial charge >= 0.3 is 6.09 Å². The van der Waals surface area contributed by atoms with Crippen LogP contribution in [-0.2, 0) is 9.53 Å². The van der Waals surface area contributed by atoms with Gasteiger partial charge in [-0.2, -0.15) is 0 Å². The van der Waals surface area contributed by atoms with Gasteiger partial charge in [0.1, 0.15) is 17.7 Å². The van der Waals surface area contributed by atoms with E-state index in [0.717, 1.165) is 4.90 Å². The lowest BCUT2D eigenvalue weighted by Crippen LogP contribution is -2.47. The molecule has 1 unspecified atom stereocenters. The zero-order valence-electron chi connectivity index (χ0n) is 13.1. The Balaban J connectivity index is 3.27. The Hall–Kier alpha value is -1.91. The highest BCUT2D eigenvalue weighted by molar-refractivity contribution is 5.92. The number of para-hydroxylation sites is 1. The van der Waals surface area contributed by atoms with Gasteiger partial charge in [-0.1, -0.05) is 26.0 Å². The molecule has 0 spiro atoms. The van der Waals surface area contributed by atoms with Gasteiger partial charge in [0.2, 0.25) is 0 Å². The fraction of sp³-hybridized carbons (Fsp3) is 0.500. The molecule has 0 saturated heterocycles. The van der Waals surface area contributed by atoms with Crippen molar-refractivity contribution in [1.82, 2.24) is 0 Å². The topological polar surface area (TPSA) is 46.6 Å². The van der Waals surface area contributed by atoms with Gasteiger partial charge in [-0.25, -0.2) is 9.18 Å². The Bertz CT molecular complexity index is 508. The van der Waals surface area contributed by atoms with Crippen LogP contribution >= 0.6 is 0 Å². The monoisotopic (exact) mass is 295 g/mol. The molecule has 0 aromatic heterocycles. The number of carbonyl (C=O) groups is 2. The van der Waals surface area contributed by atoms with E-state index in [1.807, 2.05) is 0 Å². The minimum absolute atomic E-state index is 0.0394. The third-order valence-corrected chi connectivity index (χ3v) is 2.82. The van der Waals surface area contributed by atoms with Gasteiger partial charge < -0.3 is 9.53 Å². The van der Waals surface area contributed by atoms with Crippen LogP contribution in [0.15, 0.2) is 24.3 Å². The molecule has 0 bridgehead atoms. The minimum atomic E-state index is -0.795. The Morgan fingerprint density at radius 1 is 1.29 bits per heavy atom. The predicted molar refractivity (Wildman–Crippen MR) is 79.8 cm³/mol. The molecule has 1 amide bonds. The van der Waals surface area contributed by atoms with Crippen LogP contribution in [0.25, 0.3) is 0 Å². The van der Waals surface area contributed by atoms with Crippen molar-refractivity contribution in [2.24, 2.45) is 5.92 Å². The molecule has 1 rings (SSSR count). The second-order valence-electron chi connectivity index (χ2n) is 6.17. The van der Waals surface area contributed by atoms with Crippen molar-refractivity contribution in [3.63, 3.8) is 0 Å². The first-order valence-corrected chi connectivity index (χ1v) is 6.89. The first-order valence-electron chi connectivity index (χ1n) is 6.89. The molecule has 1 aromatic rings. The summed E-state index contributed by atoms with van der Waals surface area (Å²) in [7, 11) is 0. The van der Waals surface area contributed by atoms with Crippen LogP contribution in [0.3, 0.4) is 0 Å². The molecule has 116 valence electrons. The predicted octanol–water partition coefficient (Wildman–Crippen LogP) is 3.79. The highest BCUT2D eigenvalue weighted by Crippen LogP contribution is 2.25. The molecule has 0 aliphatic carbocycles. The van der Waals surface area contributed by atoms with Crippen molar-refractivity contribution in [2.45, 2.75) is 46.3 Å². The van der Waals surface area contributed by atoms with Crippen LogP contribution in [0.1, 0.15) is 34.6 Å². The maximum absolute atomic E-state index is 14.0. The van der Waals surface area contributed by atoms with E-state index in [1.54, 1.807) is 40.7 Å². The van der Waals surface area contributed by atoms with E-state index in [2.05, 4.69) is 0 Å². The van der Waals surface area contributed by atoms with Crippen molar-refractivity contribution in [3.8, 4) is 0 Å². The van der Waals surface area contributed by atoms with Crippen LogP contribution < -0.4 is 4.90 Å². The molecular formula is C16H22FNO3. The van der Waals surface area contributed by atoms with Crippen molar-refractivity contribution in [2.75, 3.05) is 4.90 Å². The number of hydrogen-bond donors (Lipinski definition) is 0. The van der Waals surface area contributed by atoms with E-state index in [0.29, 0.717) is 6.29 Å². The summed E-state index contributed by atoms with van der Waals surface area (Å²) in [4.78, 5) is 24.8. The van der Waals surface area contributed by atoms with Crippen LogP contribution in [0.4, 0.5) is 14.9 Å². The normalized spacial score (nSPS) is 12.9. The van der Waals surface area contributed by atoms with E-state index in [1.165, 1.54) is 18.2 Å². The SMILES string of the molecule is CC(C)C(C=O)N(C(=O)OC(C)(C)C)c1ccccc1F. The van der Waals surface area contributed by atoms with Crippen molar-refractivity contribution < 1.29 is 18.7 Å². The molecule has 0 N–H and O–H groups in total. The number of amides is 1. The van der Waals surface area contributed by atoms with Gasteiger partial charge in [0.15, 0.2) is 0 Å². The van der Waals surface area contributed by atoms with Crippen LogP contribution in [0, 0.1) is 11.7 Å². The van der Waals surface area contributed by atoms with Crippen LogP contribution in [0.2, 0.25) is 0 Å². The number of nitrogens with zero attached hydrogens (tertiary/aromatic N) is 1. The second kappa shape index (κ2) is 6.70. The van der Waals surface area contributed by atoms with Crippen LogP contribution in [0.5, 0.6) is 0 Å². The zero-order chi connectivity index (χ0) is 16.2. The van der Waals surface area contributed by atoms with Crippen molar-refractivity contribution in [3.05, 3.63) is 30.1 Å². The Morgan fingerprint density at radius 3 is 2.29 bits per heavy atom. The summed E-state index contributed by atoms with van der Waals surface area (Å²) < 4.78 is 19.3. The molecule has 1 aromatic carbocycles. The lowest BCUT2D eigenvalue weighted by atomic mass is 10.0. The average molecular weight is 295 g/mol. The highest BCUT2D eigenvalue weighted by atomic mass is 19.1. The van der Waals surface area contributed by atoms with E-state index in [4.69, 9.17) is 4.74 Å². The number of ether oxygens (including phenoxy) is 1. The van der Waals surface area contributed by atoms with E-state index < -0.39 is 23.6 Å². The van der Waals surface area contributed by atoms with Gasteiger partial charge in [0, 0.05) is 0 Å². The lowest BCUT2D eigenvalue weighted by molar-refractivity contribution is -0.109. The molecule has 4 nitrogen and oxygen atoms in total. The summed E-state index contributed by atoms with van der Waals surface area (Å²) in [6.07, 6.45) is -0.0977. The third kappa shape index (κ3) is 4.55. The summed E-state index contributed by atoms with van der Waals surface area (Å²) in [6.45, 7) is 8.73. The van der Waals surface area contributed by atoms with Gasteiger partial charge in [-0.05, 0) is 38.8 Å². The molecule has 0 fully saturated rings. The first kappa shape index (κ1) is 17.1. The number of aldehydes is 1. The maximum atomic E-state index is 14.0. The van der Waals surface area contributed by atoms with Gasteiger partial charge in [0.25, 0.3) is 0 Å². The Labute approximate surface area is 124 Å². The minimum Gasteiger partial charge on any atom is -0.443 e. The van der Waals surface area contributed by atoms with Crippen molar-refractivity contribution >= 4 is 18.1 Å². The summed E-state index contributed by atoms with van der Waals surface area (Å²) >= 11 is 0. The smallest absolute Gasteiger partial charge is 0.415 e. The summed E-state index contributed by atoms with van der Waals surface area (Å²) in [6, 6.07) is 5.04. The first-order chi connectivity index (χ1) is 9.67. The average Bonchev–Trinajstić information content (AvgIpc) is 2.34. The van der Waals surface area contributed by atoms with Gasteiger partial charge in [0.05, 0.1) is 11.7 Å². The number of hydrogen-bond acceptors (Lipinski definition) is 3. The Kier molecular flexibility index (Phi) is 5.47. The van der Waals surface area contributed by atoms with Gasteiger partial charge in [-0.15, -0.1) is 0 Å². The molecule has 21 heavy (non-hydrogen) atoms. The highest BCUT2D eigenvalue weighted by Gasteiger charge is 2.32. The fourth-order valence-electron chi connectivity index (χ4n) is 1.86. The maximum Gasteiger partial charge on any atom is 0.415 e. The molecule has 1 atom stereocenters. The number of halogens is 1. The van der Waals surface area contributed by atoms with E-state index in [-0.39, 0.29) is 11.6 Å². The molecule has 0 saturated carbocycles. The van der Waals surface area contributed by atoms with E-state index in [9.17, 15) is 14.0 Å². The second-order valence-corrected chi connectivity index (χ2v) is 6.17. The summed E-state index contributed by atoms with van der Waals surface area (Å²) in [5.74, 6) is -0.745. The van der Waals surface area contributed by atoms with Crippen molar-refractivity contribution in [1.29, 1.82) is 0 Å². The molecule has 0 heterocycles. The number of benzene rings is 1. The molecule has 5 heteroatoms. The lowest BCUT2D eigenvalue weighted by Gasteiger charge is -2.32. The zero-order valence-corrected chi connectivity index (χ0v) is 13.1. The van der Waals surface area contributed by atoms with E-state index >= 15 is 0 Å².